The van der Waals surface area contributed by atoms with E-state index in [4.69, 9.17) is 9.47 Å². The van der Waals surface area contributed by atoms with Gasteiger partial charge in [-0.15, -0.1) is 0 Å². The van der Waals surface area contributed by atoms with Crippen LogP contribution >= 0.6 is 0 Å². The molecule has 5 nitrogen and oxygen atoms in total. The molecule has 2 N–H and O–H groups in total. The van der Waals surface area contributed by atoms with Crippen LogP contribution < -0.4 is 20.1 Å². The second-order valence-electron chi connectivity index (χ2n) is 6.52. The number of anilines is 1. The van der Waals surface area contributed by atoms with Crippen molar-refractivity contribution in [2.24, 2.45) is 0 Å². The molecule has 0 bridgehead atoms. The van der Waals surface area contributed by atoms with E-state index in [1.165, 1.54) is 0 Å². The molecule has 0 atom stereocenters. The van der Waals surface area contributed by atoms with Crippen LogP contribution in [0.4, 0.5) is 5.69 Å². The van der Waals surface area contributed by atoms with Gasteiger partial charge in [0.1, 0.15) is 11.5 Å². The third-order valence-corrected chi connectivity index (χ3v) is 4.42. The molecule has 0 spiro atoms. The molecule has 0 aliphatic rings. The van der Waals surface area contributed by atoms with Gasteiger partial charge in [0.25, 0.3) is 0 Å². The number of benzene rings is 3. The van der Waals surface area contributed by atoms with E-state index < -0.39 is 0 Å². The summed E-state index contributed by atoms with van der Waals surface area (Å²) in [5, 5.41) is 6.24. The fourth-order valence-corrected chi connectivity index (χ4v) is 2.95. The Hall–Kier alpha value is -3.31. The fraction of sp³-hybridized carbons (Fsp3) is 0.208. The van der Waals surface area contributed by atoms with Crippen molar-refractivity contribution in [1.29, 1.82) is 0 Å². The van der Waals surface area contributed by atoms with Crippen molar-refractivity contribution >= 4 is 11.6 Å². The van der Waals surface area contributed by atoms with Gasteiger partial charge in [-0.2, -0.15) is 0 Å². The fourth-order valence-electron chi connectivity index (χ4n) is 2.95. The number of carbonyl (C=O) groups excluding carboxylic acids is 1. The Morgan fingerprint density at radius 3 is 2.31 bits per heavy atom. The van der Waals surface area contributed by atoms with Gasteiger partial charge in [-0.1, -0.05) is 48.5 Å². The molecule has 5 heteroatoms. The Morgan fingerprint density at radius 1 is 0.828 bits per heavy atom. The van der Waals surface area contributed by atoms with Gasteiger partial charge in [-0.05, 0) is 48.9 Å². The third-order valence-electron chi connectivity index (χ3n) is 4.42. The van der Waals surface area contributed by atoms with E-state index in [1.54, 1.807) is 7.11 Å². The molecule has 0 aliphatic carbocycles. The molecule has 0 heterocycles. The summed E-state index contributed by atoms with van der Waals surface area (Å²) < 4.78 is 11.2. The summed E-state index contributed by atoms with van der Waals surface area (Å²) in [6.07, 6.45) is 1.23. The Bertz CT molecular complexity index is 913. The van der Waals surface area contributed by atoms with Crippen LogP contribution in [0, 0.1) is 0 Å². The molecule has 0 saturated heterocycles. The lowest BCUT2D eigenvalue weighted by Crippen LogP contribution is -2.23. The molecular weight excluding hydrogens is 364 g/mol. The Morgan fingerprint density at radius 2 is 1.52 bits per heavy atom. The second-order valence-corrected chi connectivity index (χ2v) is 6.52. The lowest BCUT2D eigenvalue weighted by Gasteiger charge is -2.12. The highest BCUT2D eigenvalue weighted by atomic mass is 16.5. The number of nitrogens with one attached hydrogen (secondary N) is 2. The van der Waals surface area contributed by atoms with Crippen LogP contribution in [0.3, 0.4) is 0 Å². The minimum absolute atomic E-state index is 0.0566. The zero-order chi connectivity index (χ0) is 20.3. The number of hydrogen-bond acceptors (Lipinski definition) is 4. The number of methoxy groups -OCH3 is 1. The standard InChI is InChI=1S/C24H26N2O3/c1-28-22-13-7-5-9-19(22)15-17-25-18-16-24(27)26-21-12-6-8-14-23(21)29-20-10-3-2-4-11-20/h2-14,25H,15-18H2,1H3,(H,26,27). The highest BCUT2D eigenvalue weighted by Crippen LogP contribution is 2.29. The van der Waals surface area contributed by atoms with E-state index in [9.17, 15) is 4.79 Å². The molecule has 0 aromatic heterocycles. The summed E-state index contributed by atoms with van der Waals surface area (Å²) in [5.74, 6) is 2.18. The third kappa shape index (κ3) is 6.36. The monoisotopic (exact) mass is 390 g/mol. The van der Waals surface area contributed by atoms with E-state index in [-0.39, 0.29) is 5.91 Å². The van der Waals surface area contributed by atoms with Crippen LogP contribution in [-0.4, -0.2) is 26.1 Å². The molecule has 0 saturated carbocycles. The predicted octanol–water partition coefficient (Wildman–Crippen LogP) is 4.65. The Kier molecular flexibility index (Phi) is 7.66. The van der Waals surface area contributed by atoms with Crippen LogP contribution in [0.5, 0.6) is 17.2 Å². The van der Waals surface area contributed by atoms with Crippen LogP contribution in [0.1, 0.15) is 12.0 Å². The lowest BCUT2D eigenvalue weighted by molar-refractivity contribution is -0.116. The van der Waals surface area contributed by atoms with E-state index in [2.05, 4.69) is 16.7 Å². The first-order valence-electron chi connectivity index (χ1n) is 9.70. The first kappa shape index (κ1) is 20.4. The van der Waals surface area contributed by atoms with Gasteiger partial charge in [0.05, 0.1) is 12.8 Å². The smallest absolute Gasteiger partial charge is 0.225 e. The highest BCUT2D eigenvalue weighted by Gasteiger charge is 2.08. The molecule has 0 fully saturated rings. The second kappa shape index (κ2) is 10.9. The molecule has 29 heavy (non-hydrogen) atoms. The number of para-hydroxylation sites is 4. The number of ether oxygens (including phenoxy) is 2. The molecule has 3 rings (SSSR count). The van der Waals surface area contributed by atoms with E-state index in [0.717, 1.165) is 30.0 Å². The predicted molar refractivity (Wildman–Crippen MR) is 116 cm³/mol. The van der Waals surface area contributed by atoms with Crippen molar-refractivity contribution in [2.45, 2.75) is 12.8 Å². The average Bonchev–Trinajstić information content (AvgIpc) is 2.76. The zero-order valence-corrected chi connectivity index (χ0v) is 16.6. The van der Waals surface area contributed by atoms with Gasteiger partial charge in [0.15, 0.2) is 5.75 Å². The van der Waals surface area contributed by atoms with E-state index in [1.807, 2.05) is 72.8 Å². The van der Waals surface area contributed by atoms with Crippen LogP contribution in [0.2, 0.25) is 0 Å². The maximum Gasteiger partial charge on any atom is 0.225 e. The highest BCUT2D eigenvalue weighted by molar-refractivity contribution is 5.92. The van der Waals surface area contributed by atoms with Gasteiger partial charge < -0.3 is 20.1 Å². The summed E-state index contributed by atoms with van der Waals surface area (Å²) in [7, 11) is 1.68. The topological polar surface area (TPSA) is 59.6 Å². The van der Waals surface area contributed by atoms with Gasteiger partial charge in [-0.3, -0.25) is 4.79 Å². The first-order chi connectivity index (χ1) is 14.3. The van der Waals surface area contributed by atoms with Crippen molar-refractivity contribution in [3.8, 4) is 17.2 Å². The summed E-state index contributed by atoms with van der Waals surface area (Å²) in [5.41, 5.74) is 1.81. The normalized spacial score (nSPS) is 10.4. The molecule has 1 amide bonds. The van der Waals surface area contributed by atoms with Gasteiger partial charge >= 0.3 is 0 Å². The molecule has 3 aromatic carbocycles. The number of rotatable bonds is 10. The minimum atomic E-state index is -0.0566. The zero-order valence-electron chi connectivity index (χ0n) is 16.6. The Labute approximate surface area is 171 Å². The average molecular weight is 390 g/mol. The van der Waals surface area contributed by atoms with Crippen molar-refractivity contribution in [3.05, 3.63) is 84.4 Å². The van der Waals surface area contributed by atoms with E-state index >= 15 is 0 Å². The van der Waals surface area contributed by atoms with Crippen molar-refractivity contribution in [1.82, 2.24) is 5.32 Å². The van der Waals surface area contributed by atoms with Crippen molar-refractivity contribution in [2.75, 3.05) is 25.5 Å². The molecular formula is C24H26N2O3. The number of hydrogen-bond donors (Lipinski definition) is 2. The SMILES string of the molecule is COc1ccccc1CCNCCC(=O)Nc1ccccc1Oc1ccccc1. The van der Waals surface area contributed by atoms with Gasteiger partial charge in [-0.25, -0.2) is 0 Å². The van der Waals surface area contributed by atoms with Crippen LogP contribution in [0.25, 0.3) is 0 Å². The molecule has 0 aliphatic heterocycles. The lowest BCUT2D eigenvalue weighted by atomic mass is 10.1. The van der Waals surface area contributed by atoms with Crippen LogP contribution in [-0.2, 0) is 11.2 Å². The van der Waals surface area contributed by atoms with Crippen LogP contribution in [0.15, 0.2) is 78.9 Å². The number of amides is 1. The molecule has 0 unspecified atom stereocenters. The summed E-state index contributed by atoms with van der Waals surface area (Å²) in [4.78, 5) is 12.3. The van der Waals surface area contributed by atoms with Gasteiger partial charge in [0, 0.05) is 13.0 Å². The molecule has 150 valence electrons. The van der Waals surface area contributed by atoms with E-state index in [0.29, 0.717) is 24.4 Å². The molecule has 3 aromatic rings. The maximum absolute atomic E-state index is 12.3. The first-order valence-corrected chi connectivity index (χ1v) is 9.70. The van der Waals surface area contributed by atoms with Crippen molar-refractivity contribution in [3.63, 3.8) is 0 Å². The summed E-state index contributed by atoms with van der Waals surface area (Å²) in [6.45, 7) is 1.38. The van der Waals surface area contributed by atoms with Crippen molar-refractivity contribution < 1.29 is 14.3 Å². The summed E-state index contributed by atoms with van der Waals surface area (Å²) >= 11 is 0. The number of carbonyl (C=O) groups is 1. The minimum Gasteiger partial charge on any atom is -0.496 e. The Balaban J connectivity index is 1.44. The molecule has 0 radical (unpaired) electrons. The largest absolute Gasteiger partial charge is 0.496 e. The van der Waals surface area contributed by atoms with Gasteiger partial charge in [0.2, 0.25) is 5.91 Å². The summed E-state index contributed by atoms with van der Waals surface area (Å²) in [6, 6.07) is 24.9. The quantitative estimate of drug-likeness (QED) is 0.495. The maximum atomic E-state index is 12.3.